The van der Waals surface area contributed by atoms with Crippen LogP contribution in [0.15, 0.2) is 0 Å². The molecular formula is C12H22N2OS. The molecule has 2 rings (SSSR count). The normalized spacial score (nSPS) is 30.3. The first-order valence-electron chi connectivity index (χ1n) is 6.41. The van der Waals surface area contributed by atoms with Gasteiger partial charge in [-0.1, -0.05) is 6.92 Å². The minimum Gasteiger partial charge on any atom is -0.341 e. The highest BCUT2D eigenvalue weighted by Crippen LogP contribution is 2.25. The number of hydrogen-bond acceptors (Lipinski definition) is 3. The molecule has 0 aromatic rings. The molecule has 2 unspecified atom stereocenters. The van der Waals surface area contributed by atoms with Crippen molar-refractivity contribution in [3.63, 3.8) is 0 Å². The zero-order chi connectivity index (χ0) is 11.4. The van der Waals surface area contributed by atoms with Gasteiger partial charge < -0.3 is 10.2 Å². The highest BCUT2D eigenvalue weighted by molar-refractivity contribution is 7.99. The third kappa shape index (κ3) is 2.92. The third-order valence-corrected chi connectivity index (χ3v) is 4.67. The standard InChI is InChI=1S/C12H22N2OS/c1-2-5-13-11-3-6-14(12(11)15)8-10-4-7-16-9-10/h10-11,13H,2-9H2,1H3. The number of likely N-dealkylation sites (tertiary alicyclic amines) is 1. The average Bonchev–Trinajstić information content (AvgIpc) is 2.89. The molecule has 2 aliphatic rings. The molecule has 2 heterocycles. The zero-order valence-corrected chi connectivity index (χ0v) is 10.9. The lowest BCUT2D eigenvalue weighted by Gasteiger charge is -2.20. The molecule has 1 amide bonds. The van der Waals surface area contributed by atoms with E-state index < -0.39 is 0 Å². The van der Waals surface area contributed by atoms with Crippen molar-refractivity contribution in [2.45, 2.75) is 32.2 Å². The van der Waals surface area contributed by atoms with E-state index in [0.29, 0.717) is 5.91 Å². The molecule has 16 heavy (non-hydrogen) atoms. The van der Waals surface area contributed by atoms with Gasteiger partial charge in [-0.15, -0.1) is 0 Å². The molecule has 4 heteroatoms. The Morgan fingerprint density at radius 2 is 2.38 bits per heavy atom. The van der Waals surface area contributed by atoms with E-state index in [1.165, 1.54) is 17.9 Å². The summed E-state index contributed by atoms with van der Waals surface area (Å²) in [6.45, 7) is 5.06. The summed E-state index contributed by atoms with van der Waals surface area (Å²) in [5.74, 6) is 3.62. The molecule has 2 fully saturated rings. The Morgan fingerprint density at radius 1 is 1.50 bits per heavy atom. The first kappa shape index (κ1) is 12.2. The molecule has 2 saturated heterocycles. The number of rotatable bonds is 5. The van der Waals surface area contributed by atoms with Gasteiger partial charge in [0.15, 0.2) is 0 Å². The second-order valence-electron chi connectivity index (χ2n) is 4.81. The lowest BCUT2D eigenvalue weighted by atomic mass is 10.1. The SMILES string of the molecule is CCCNC1CCN(CC2CCSC2)C1=O. The summed E-state index contributed by atoms with van der Waals surface area (Å²) in [6, 6.07) is 0.106. The molecule has 0 bridgehead atoms. The second-order valence-corrected chi connectivity index (χ2v) is 5.96. The lowest BCUT2D eigenvalue weighted by Crippen LogP contribution is -2.40. The van der Waals surface area contributed by atoms with Crippen molar-refractivity contribution in [3.05, 3.63) is 0 Å². The Hall–Kier alpha value is -0.220. The number of thioether (sulfide) groups is 1. The largest absolute Gasteiger partial charge is 0.341 e. The van der Waals surface area contributed by atoms with Gasteiger partial charge in [-0.25, -0.2) is 0 Å². The Morgan fingerprint density at radius 3 is 3.06 bits per heavy atom. The second kappa shape index (κ2) is 5.92. The van der Waals surface area contributed by atoms with Gasteiger partial charge in [0.1, 0.15) is 0 Å². The topological polar surface area (TPSA) is 32.3 Å². The van der Waals surface area contributed by atoms with E-state index in [2.05, 4.69) is 17.1 Å². The summed E-state index contributed by atoms with van der Waals surface area (Å²) in [5, 5.41) is 3.34. The number of hydrogen-bond donors (Lipinski definition) is 1. The molecule has 2 atom stereocenters. The highest BCUT2D eigenvalue weighted by atomic mass is 32.2. The van der Waals surface area contributed by atoms with Gasteiger partial charge >= 0.3 is 0 Å². The van der Waals surface area contributed by atoms with Crippen LogP contribution in [0.3, 0.4) is 0 Å². The van der Waals surface area contributed by atoms with E-state index in [9.17, 15) is 4.79 Å². The van der Waals surface area contributed by atoms with E-state index in [4.69, 9.17) is 0 Å². The van der Waals surface area contributed by atoms with E-state index >= 15 is 0 Å². The van der Waals surface area contributed by atoms with Gasteiger partial charge in [0, 0.05) is 13.1 Å². The van der Waals surface area contributed by atoms with Crippen molar-refractivity contribution >= 4 is 17.7 Å². The summed E-state index contributed by atoms with van der Waals surface area (Å²) in [6.07, 6.45) is 3.39. The molecular weight excluding hydrogens is 220 g/mol. The number of amides is 1. The van der Waals surface area contributed by atoms with Gasteiger partial charge in [0.2, 0.25) is 5.91 Å². The Kier molecular flexibility index (Phi) is 4.53. The summed E-state index contributed by atoms with van der Waals surface area (Å²) >= 11 is 2.03. The molecule has 3 nitrogen and oxygen atoms in total. The lowest BCUT2D eigenvalue weighted by molar-refractivity contribution is -0.129. The molecule has 1 N–H and O–H groups in total. The molecule has 0 aliphatic carbocycles. The van der Waals surface area contributed by atoms with Crippen molar-refractivity contribution in [2.75, 3.05) is 31.1 Å². The minimum absolute atomic E-state index is 0.106. The van der Waals surface area contributed by atoms with Crippen LogP contribution in [-0.4, -0.2) is 48.0 Å². The maximum atomic E-state index is 12.1. The van der Waals surface area contributed by atoms with Crippen LogP contribution in [0, 0.1) is 5.92 Å². The Balaban J connectivity index is 1.77. The van der Waals surface area contributed by atoms with Gasteiger partial charge in [0.25, 0.3) is 0 Å². The minimum atomic E-state index is 0.106. The molecule has 0 spiro atoms. The molecule has 0 aromatic carbocycles. The summed E-state index contributed by atoms with van der Waals surface area (Å²) in [5.41, 5.74) is 0. The van der Waals surface area contributed by atoms with Crippen molar-refractivity contribution in [1.82, 2.24) is 10.2 Å². The van der Waals surface area contributed by atoms with Crippen molar-refractivity contribution in [3.8, 4) is 0 Å². The van der Waals surface area contributed by atoms with Crippen LogP contribution >= 0.6 is 11.8 Å². The quantitative estimate of drug-likeness (QED) is 0.789. The number of carbonyl (C=O) groups is 1. The van der Waals surface area contributed by atoms with Gasteiger partial charge in [-0.3, -0.25) is 4.79 Å². The number of carbonyl (C=O) groups excluding carboxylic acids is 1. The summed E-state index contributed by atoms with van der Waals surface area (Å²) < 4.78 is 0. The molecule has 92 valence electrons. The van der Waals surface area contributed by atoms with Gasteiger partial charge in [-0.05, 0) is 43.2 Å². The number of nitrogens with one attached hydrogen (secondary N) is 1. The average molecular weight is 242 g/mol. The fourth-order valence-corrected chi connectivity index (χ4v) is 3.74. The Labute approximate surface area is 102 Å². The predicted molar refractivity (Wildman–Crippen MR) is 68.7 cm³/mol. The highest BCUT2D eigenvalue weighted by Gasteiger charge is 2.32. The van der Waals surface area contributed by atoms with Crippen LogP contribution < -0.4 is 5.32 Å². The maximum Gasteiger partial charge on any atom is 0.239 e. The van der Waals surface area contributed by atoms with Gasteiger partial charge in [-0.2, -0.15) is 11.8 Å². The van der Waals surface area contributed by atoms with E-state index in [-0.39, 0.29) is 6.04 Å². The van der Waals surface area contributed by atoms with E-state index in [1.54, 1.807) is 0 Å². The molecule has 2 aliphatic heterocycles. The fourth-order valence-electron chi connectivity index (χ4n) is 2.47. The fraction of sp³-hybridized carbons (Fsp3) is 0.917. The van der Waals surface area contributed by atoms with Crippen LogP contribution in [0.1, 0.15) is 26.2 Å². The first-order chi connectivity index (χ1) is 7.81. The van der Waals surface area contributed by atoms with Crippen molar-refractivity contribution < 1.29 is 4.79 Å². The number of nitrogens with zero attached hydrogens (tertiary/aromatic N) is 1. The smallest absolute Gasteiger partial charge is 0.239 e. The van der Waals surface area contributed by atoms with Gasteiger partial charge in [0.05, 0.1) is 6.04 Å². The molecule has 0 saturated carbocycles. The van der Waals surface area contributed by atoms with Crippen molar-refractivity contribution in [2.24, 2.45) is 5.92 Å². The monoisotopic (exact) mass is 242 g/mol. The molecule has 0 aromatic heterocycles. The molecule has 0 radical (unpaired) electrons. The van der Waals surface area contributed by atoms with Crippen LogP contribution in [0.5, 0.6) is 0 Å². The first-order valence-corrected chi connectivity index (χ1v) is 7.56. The summed E-state index contributed by atoms with van der Waals surface area (Å²) in [4.78, 5) is 14.1. The zero-order valence-electron chi connectivity index (χ0n) is 10.1. The van der Waals surface area contributed by atoms with Crippen LogP contribution in [0.4, 0.5) is 0 Å². The van der Waals surface area contributed by atoms with Crippen LogP contribution in [-0.2, 0) is 4.79 Å². The maximum absolute atomic E-state index is 12.1. The van der Waals surface area contributed by atoms with Crippen LogP contribution in [0.25, 0.3) is 0 Å². The van der Waals surface area contributed by atoms with Crippen molar-refractivity contribution in [1.29, 1.82) is 0 Å². The Bertz CT molecular complexity index is 241. The summed E-state index contributed by atoms with van der Waals surface area (Å²) in [7, 11) is 0. The van der Waals surface area contributed by atoms with E-state index in [1.807, 2.05) is 11.8 Å². The van der Waals surface area contributed by atoms with E-state index in [0.717, 1.165) is 38.4 Å². The third-order valence-electron chi connectivity index (χ3n) is 3.44. The van der Waals surface area contributed by atoms with Crippen LogP contribution in [0.2, 0.25) is 0 Å². The predicted octanol–water partition coefficient (Wildman–Crippen LogP) is 1.34.